The van der Waals surface area contributed by atoms with Gasteiger partial charge in [0.15, 0.2) is 0 Å². The Hall–Kier alpha value is -1.31. The fourth-order valence-electron chi connectivity index (χ4n) is 4.30. The average Bonchev–Trinajstić information content (AvgIpc) is 3.19. The zero-order valence-electron chi connectivity index (χ0n) is 15.1. The first-order valence-electron chi connectivity index (χ1n) is 9.54. The van der Waals surface area contributed by atoms with Crippen LogP contribution in [-0.4, -0.2) is 76.2 Å². The Morgan fingerprint density at radius 2 is 2.12 bits per heavy atom. The Bertz CT molecular complexity index is 693. The van der Waals surface area contributed by atoms with E-state index in [-0.39, 0.29) is 23.6 Å². The Kier molecular flexibility index (Phi) is 5.38. The molecule has 3 fully saturated rings. The van der Waals surface area contributed by atoms with Gasteiger partial charge in [0.25, 0.3) is 5.56 Å². The van der Waals surface area contributed by atoms with Crippen LogP contribution in [0.4, 0.5) is 0 Å². The number of piperidine rings is 1. The number of ether oxygens (including phenoxy) is 1. The number of aromatic nitrogens is 1. The topological polar surface area (TPSA) is 54.8 Å². The summed E-state index contributed by atoms with van der Waals surface area (Å²) in [5.41, 5.74) is -0.221. The van der Waals surface area contributed by atoms with E-state index in [4.69, 9.17) is 4.74 Å². The minimum absolute atomic E-state index is 0.0213. The molecule has 1 spiro atoms. The van der Waals surface area contributed by atoms with Crippen LogP contribution in [0, 0.1) is 0 Å². The summed E-state index contributed by atoms with van der Waals surface area (Å²) in [6.45, 7) is 4.39. The van der Waals surface area contributed by atoms with Crippen LogP contribution >= 0.6 is 11.8 Å². The molecule has 0 saturated carbocycles. The van der Waals surface area contributed by atoms with Crippen LogP contribution in [0.15, 0.2) is 29.2 Å². The highest BCUT2D eigenvalue weighted by atomic mass is 32.2. The SMILES string of the molecule is O=C(Cn1ccccc1=O)N1CCC2(CC1)CN(C1CCSC1)CCO2. The molecule has 1 aromatic rings. The van der Waals surface area contributed by atoms with E-state index < -0.39 is 0 Å². The number of hydrogen-bond acceptors (Lipinski definition) is 5. The fraction of sp³-hybridized carbons (Fsp3) is 0.684. The fourth-order valence-corrected chi connectivity index (χ4v) is 5.55. The van der Waals surface area contributed by atoms with Gasteiger partial charge in [0.1, 0.15) is 6.54 Å². The number of rotatable bonds is 3. The molecule has 26 heavy (non-hydrogen) atoms. The van der Waals surface area contributed by atoms with Crippen molar-refractivity contribution in [3.63, 3.8) is 0 Å². The van der Waals surface area contributed by atoms with E-state index in [9.17, 15) is 9.59 Å². The second kappa shape index (κ2) is 7.74. The standard InChI is InChI=1S/C19H27N3O3S/c23-17-3-1-2-7-21(17)13-18(24)20-8-5-19(6-9-20)15-22(10-11-25-19)16-4-12-26-14-16/h1-3,7,16H,4-6,8-15H2. The summed E-state index contributed by atoms with van der Waals surface area (Å²) in [6, 6.07) is 5.67. The van der Waals surface area contributed by atoms with E-state index >= 15 is 0 Å². The summed E-state index contributed by atoms with van der Waals surface area (Å²) in [5.74, 6) is 2.54. The average molecular weight is 378 g/mol. The van der Waals surface area contributed by atoms with Crippen LogP contribution in [-0.2, 0) is 16.1 Å². The predicted molar refractivity (Wildman–Crippen MR) is 103 cm³/mol. The van der Waals surface area contributed by atoms with Gasteiger partial charge in [0, 0.05) is 50.2 Å². The van der Waals surface area contributed by atoms with Crippen molar-refractivity contribution >= 4 is 17.7 Å². The number of carbonyl (C=O) groups is 1. The smallest absolute Gasteiger partial charge is 0.250 e. The Labute approximate surface area is 158 Å². The second-order valence-electron chi connectivity index (χ2n) is 7.57. The minimum Gasteiger partial charge on any atom is -0.372 e. The number of likely N-dealkylation sites (tertiary alicyclic amines) is 1. The van der Waals surface area contributed by atoms with Gasteiger partial charge in [-0.25, -0.2) is 0 Å². The lowest BCUT2D eigenvalue weighted by Crippen LogP contribution is -2.59. The molecule has 4 rings (SSSR count). The molecule has 7 heteroatoms. The van der Waals surface area contributed by atoms with Crippen molar-refractivity contribution in [2.45, 2.75) is 37.5 Å². The summed E-state index contributed by atoms with van der Waals surface area (Å²) >= 11 is 2.05. The van der Waals surface area contributed by atoms with Crippen molar-refractivity contribution < 1.29 is 9.53 Å². The summed E-state index contributed by atoms with van der Waals surface area (Å²) in [6.07, 6.45) is 4.74. The van der Waals surface area contributed by atoms with Crippen molar-refractivity contribution in [2.24, 2.45) is 0 Å². The molecule has 4 heterocycles. The quantitative estimate of drug-likeness (QED) is 0.788. The van der Waals surface area contributed by atoms with Crippen molar-refractivity contribution in [3.8, 4) is 0 Å². The molecule has 1 aromatic heterocycles. The molecule has 1 amide bonds. The molecule has 0 N–H and O–H groups in total. The van der Waals surface area contributed by atoms with Gasteiger partial charge in [-0.3, -0.25) is 14.5 Å². The number of nitrogens with zero attached hydrogens (tertiary/aromatic N) is 3. The maximum absolute atomic E-state index is 12.6. The monoisotopic (exact) mass is 377 g/mol. The highest BCUT2D eigenvalue weighted by molar-refractivity contribution is 7.99. The lowest BCUT2D eigenvalue weighted by molar-refractivity contribution is -0.153. The van der Waals surface area contributed by atoms with Gasteiger partial charge < -0.3 is 14.2 Å². The molecule has 142 valence electrons. The molecule has 0 aliphatic carbocycles. The Morgan fingerprint density at radius 3 is 2.85 bits per heavy atom. The third-order valence-electron chi connectivity index (χ3n) is 5.93. The molecule has 1 atom stereocenters. The zero-order valence-corrected chi connectivity index (χ0v) is 16.0. The first-order chi connectivity index (χ1) is 12.7. The van der Waals surface area contributed by atoms with Crippen LogP contribution in [0.25, 0.3) is 0 Å². The van der Waals surface area contributed by atoms with Crippen LogP contribution in [0.1, 0.15) is 19.3 Å². The summed E-state index contributed by atoms with van der Waals surface area (Å²) in [7, 11) is 0. The predicted octanol–water partition coefficient (Wildman–Crippen LogP) is 1.05. The molecule has 3 saturated heterocycles. The van der Waals surface area contributed by atoms with Crippen LogP contribution in [0.5, 0.6) is 0 Å². The summed E-state index contributed by atoms with van der Waals surface area (Å²) in [5, 5.41) is 0. The van der Waals surface area contributed by atoms with Crippen molar-refractivity contribution in [1.82, 2.24) is 14.4 Å². The number of thioether (sulfide) groups is 1. The van der Waals surface area contributed by atoms with Gasteiger partial charge in [-0.1, -0.05) is 6.07 Å². The molecule has 0 aromatic carbocycles. The Balaban J connectivity index is 1.33. The van der Waals surface area contributed by atoms with Gasteiger partial charge in [-0.15, -0.1) is 0 Å². The maximum atomic E-state index is 12.6. The van der Waals surface area contributed by atoms with E-state index in [2.05, 4.69) is 16.7 Å². The molecule has 6 nitrogen and oxygen atoms in total. The first-order valence-corrected chi connectivity index (χ1v) is 10.7. The highest BCUT2D eigenvalue weighted by Crippen LogP contribution is 2.33. The molecule has 3 aliphatic rings. The minimum atomic E-state index is -0.130. The second-order valence-corrected chi connectivity index (χ2v) is 8.72. The molecule has 0 radical (unpaired) electrons. The summed E-state index contributed by atoms with van der Waals surface area (Å²) < 4.78 is 7.70. The van der Waals surface area contributed by atoms with Crippen molar-refractivity contribution in [2.75, 3.05) is 44.3 Å². The molecular weight excluding hydrogens is 350 g/mol. The highest BCUT2D eigenvalue weighted by Gasteiger charge is 2.42. The summed E-state index contributed by atoms with van der Waals surface area (Å²) in [4.78, 5) is 28.9. The number of amides is 1. The third-order valence-corrected chi connectivity index (χ3v) is 7.08. The van der Waals surface area contributed by atoms with Crippen molar-refractivity contribution in [3.05, 3.63) is 34.7 Å². The normalized spacial score (nSPS) is 26.3. The van der Waals surface area contributed by atoms with E-state index in [0.29, 0.717) is 19.1 Å². The lowest BCUT2D eigenvalue weighted by atomic mass is 9.88. The molecule has 0 bridgehead atoms. The van der Waals surface area contributed by atoms with Gasteiger partial charge in [-0.05, 0) is 31.1 Å². The first kappa shape index (κ1) is 18.1. The number of pyridine rings is 1. The van der Waals surface area contributed by atoms with E-state index in [1.807, 2.05) is 4.90 Å². The lowest BCUT2D eigenvalue weighted by Gasteiger charge is -2.48. The Morgan fingerprint density at radius 1 is 1.27 bits per heavy atom. The van der Waals surface area contributed by atoms with Gasteiger partial charge in [0.2, 0.25) is 5.91 Å². The van der Waals surface area contributed by atoms with Crippen molar-refractivity contribution in [1.29, 1.82) is 0 Å². The number of morpholine rings is 1. The van der Waals surface area contributed by atoms with Gasteiger partial charge in [0.05, 0.1) is 12.2 Å². The van der Waals surface area contributed by atoms with E-state index in [1.54, 1.807) is 18.3 Å². The molecule has 3 aliphatic heterocycles. The van der Waals surface area contributed by atoms with Gasteiger partial charge in [-0.2, -0.15) is 11.8 Å². The van der Waals surface area contributed by atoms with E-state index in [0.717, 1.165) is 32.5 Å². The molecule has 1 unspecified atom stereocenters. The number of hydrogen-bond donors (Lipinski definition) is 0. The van der Waals surface area contributed by atoms with Crippen LogP contribution < -0.4 is 5.56 Å². The third kappa shape index (κ3) is 3.85. The van der Waals surface area contributed by atoms with Crippen LogP contribution in [0.3, 0.4) is 0 Å². The zero-order chi connectivity index (χ0) is 18.0. The van der Waals surface area contributed by atoms with E-state index in [1.165, 1.54) is 28.6 Å². The number of carbonyl (C=O) groups excluding carboxylic acids is 1. The van der Waals surface area contributed by atoms with Crippen LogP contribution in [0.2, 0.25) is 0 Å². The maximum Gasteiger partial charge on any atom is 0.250 e. The van der Waals surface area contributed by atoms with Gasteiger partial charge >= 0.3 is 0 Å². The largest absolute Gasteiger partial charge is 0.372 e. The molecular formula is C19H27N3O3S.